The standard InChI is InChI=1S/C23H25N7O2/c1-13-12-30(14(2)11-29(13)16(4)18-9-15(3)32-27-18)22-17(10-24)23(31)28(6)19-7-8-20(25-5)26-21(19)22/h7-9,13-14,16H,11-12H2,1-4,6H3/t13-,14+,16?/m1/s1. The van der Waals surface area contributed by atoms with E-state index < -0.39 is 0 Å². The minimum absolute atomic E-state index is 0.00227. The first kappa shape index (κ1) is 21.5. The van der Waals surface area contributed by atoms with Crippen molar-refractivity contribution >= 4 is 22.5 Å². The molecule has 0 N–H and O–H groups in total. The molecule has 0 bridgehead atoms. The number of nitrogens with zero attached hydrogens (tertiary/aromatic N) is 7. The van der Waals surface area contributed by atoms with Crippen LogP contribution < -0.4 is 10.5 Å². The zero-order chi connectivity index (χ0) is 23.2. The van der Waals surface area contributed by atoms with E-state index in [0.717, 1.165) is 11.5 Å². The van der Waals surface area contributed by atoms with E-state index in [-0.39, 0.29) is 35.1 Å². The zero-order valence-electron chi connectivity index (χ0n) is 18.8. The summed E-state index contributed by atoms with van der Waals surface area (Å²) in [6, 6.07) is 7.55. The number of rotatable bonds is 3. The topological polar surface area (TPSA) is 95.6 Å². The Morgan fingerprint density at radius 3 is 2.69 bits per heavy atom. The number of piperazine rings is 1. The van der Waals surface area contributed by atoms with Gasteiger partial charge in [0.15, 0.2) is 0 Å². The van der Waals surface area contributed by atoms with E-state index in [1.54, 1.807) is 19.2 Å². The maximum Gasteiger partial charge on any atom is 0.271 e. The first-order chi connectivity index (χ1) is 15.3. The molecule has 0 amide bonds. The Morgan fingerprint density at radius 1 is 1.31 bits per heavy atom. The molecule has 32 heavy (non-hydrogen) atoms. The summed E-state index contributed by atoms with van der Waals surface area (Å²) in [5.74, 6) is 1.01. The Balaban J connectivity index is 1.80. The van der Waals surface area contributed by atoms with Crippen LogP contribution in [0.25, 0.3) is 15.9 Å². The highest BCUT2D eigenvalue weighted by molar-refractivity contribution is 5.93. The molecule has 9 nitrogen and oxygen atoms in total. The molecular weight excluding hydrogens is 406 g/mol. The number of aromatic nitrogens is 3. The van der Waals surface area contributed by atoms with Crippen molar-refractivity contribution in [2.45, 2.75) is 45.8 Å². The largest absolute Gasteiger partial charge is 0.361 e. The molecule has 1 saturated heterocycles. The average molecular weight is 432 g/mol. The van der Waals surface area contributed by atoms with Gasteiger partial charge < -0.3 is 18.8 Å². The summed E-state index contributed by atoms with van der Waals surface area (Å²) in [6.07, 6.45) is 0. The molecule has 0 aromatic carbocycles. The van der Waals surface area contributed by atoms with Gasteiger partial charge in [0, 0.05) is 38.3 Å². The Morgan fingerprint density at radius 2 is 2.06 bits per heavy atom. The second-order valence-electron chi connectivity index (χ2n) is 8.43. The van der Waals surface area contributed by atoms with Gasteiger partial charge in [-0.15, -0.1) is 4.98 Å². The molecular formula is C23H25N7O2. The third-order valence-electron chi connectivity index (χ3n) is 6.32. The fourth-order valence-electron chi connectivity index (χ4n) is 4.58. The van der Waals surface area contributed by atoms with Crippen molar-refractivity contribution < 1.29 is 4.52 Å². The summed E-state index contributed by atoms with van der Waals surface area (Å²) in [6.45, 7) is 16.8. The SMILES string of the molecule is [C-]#[N+]c1ccc2c(n1)c(N1C[C@@H](C)N(C(C)c3cc(C)on3)C[C@@H]1C)c(C#N)c(=O)n2C. The summed E-state index contributed by atoms with van der Waals surface area (Å²) >= 11 is 0. The van der Waals surface area contributed by atoms with Crippen LogP contribution in [-0.4, -0.2) is 44.8 Å². The number of nitriles is 1. The fraction of sp³-hybridized carbons (Fsp3) is 0.435. The van der Waals surface area contributed by atoms with Crippen molar-refractivity contribution in [3.63, 3.8) is 0 Å². The third-order valence-corrected chi connectivity index (χ3v) is 6.32. The quantitative estimate of drug-likeness (QED) is 0.587. The minimum atomic E-state index is -0.360. The highest BCUT2D eigenvalue weighted by Gasteiger charge is 2.36. The van der Waals surface area contributed by atoms with E-state index >= 15 is 0 Å². The van der Waals surface area contributed by atoms with Crippen LogP contribution in [0.4, 0.5) is 11.5 Å². The van der Waals surface area contributed by atoms with Gasteiger partial charge in [-0.1, -0.05) is 11.7 Å². The van der Waals surface area contributed by atoms with Crippen molar-refractivity contribution in [3.05, 3.63) is 57.0 Å². The summed E-state index contributed by atoms with van der Waals surface area (Å²) in [5.41, 5.74) is 2.20. The van der Waals surface area contributed by atoms with E-state index in [0.29, 0.717) is 29.8 Å². The summed E-state index contributed by atoms with van der Waals surface area (Å²) in [7, 11) is 1.63. The van der Waals surface area contributed by atoms with Crippen LogP contribution >= 0.6 is 0 Å². The highest BCUT2D eigenvalue weighted by Crippen LogP contribution is 2.34. The van der Waals surface area contributed by atoms with Gasteiger partial charge in [-0.2, -0.15) is 5.26 Å². The molecule has 4 heterocycles. The van der Waals surface area contributed by atoms with E-state index in [2.05, 4.69) is 51.6 Å². The van der Waals surface area contributed by atoms with Gasteiger partial charge in [0.2, 0.25) is 5.52 Å². The molecule has 3 aromatic rings. The summed E-state index contributed by atoms with van der Waals surface area (Å²) in [4.78, 5) is 25.4. The first-order valence-corrected chi connectivity index (χ1v) is 10.5. The van der Waals surface area contributed by atoms with Crippen LogP contribution in [0.5, 0.6) is 0 Å². The molecule has 1 fully saturated rings. The van der Waals surface area contributed by atoms with E-state index in [1.807, 2.05) is 13.0 Å². The molecule has 9 heteroatoms. The van der Waals surface area contributed by atoms with Gasteiger partial charge in [0.25, 0.3) is 11.4 Å². The number of anilines is 1. The summed E-state index contributed by atoms with van der Waals surface area (Å²) in [5, 5.41) is 14.1. The Kier molecular flexibility index (Phi) is 5.45. The molecule has 1 unspecified atom stereocenters. The van der Waals surface area contributed by atoms with Crippen molar-refractivity contribution in [2.75, 3.05) is 18.0 Å². The fourth-order valence-corrected chi connectivity index (χ4v) is 4.58. The van der Waals surface area contributed by atoms with Crippen molar-refractivity contribution in [3.8, 4) is 6.07 Å². The molecule has 1 aliphatic heterocycles. The lowest BCUT2D eigenvalue weighted by Crippen LogP contribution is -2.57. The average Bonchev–Trinajstić information content (AvgIpc) is 3.23. The molecule has 164 valence electrons. The number of hydrogen-bond acceptors (Lipinski definition) is 7. The number of hydrogen-bond donors (Lipinski definition) is 0. The van der Waals surface area contributed by atoms with Crippen molar-refractivity contribution in [1.29, 1.82) is 5.26 Å². The monoisotopic (exact) mass is 431 g/mol. The van der Waals surface area contributed by atoms with Crippen LogP contribution in [0.3, 0.4) is 0 Å². The van der Waals surface area contributed by atoms with Crippen LogP contribution in [0.2, 0.25) is 0 Å². The number of pyridine rings is 2. The number of aryl methyl sites for hydroxylation is 2. The molecule has 3 atom stereocenters. The molecule has 1 aliphatic rings. The molecule has 0 aliphatic carbocycles. The van der Waals surface area contributed by atoms with Gasteiger partial charge in [-0.05, 0) is 39.8 Å². The Bertz CT molecular complexity index is 1330. The lowest BCUT2D eigenvalue weighted by molar-refractivity contribution is 0.115. The van der Waals surface area contributed by atoms with Gasteiger partial charge in [-0.25, -0.2) is 0 Å². The predicted molar refractivity (Wildman–Crippen MR) is 121 cm³/mol. The second-order valence-corrected chi connectivity index (χ2v) is 8.43. The normalized spacial score (nSPS) is 20.2. The molecule has 0 spiro atoms. The van der Waals surface area contributed by atoms with Crippen LogP contribution in [0, 0.1) is 24.8 Å². The Hall–Kier alpha value is -3.69. The molecule has 0 saturated carbocycles. The van der Waals surface area contributed by atoms with Crippen molar-refractivity contribution in [2.24, 2.45) is 7.05 Å². The van der Waals surface area contributed by atoms with Crippen LogP contribution in [0.1, 0.15) is 43.8 Å². The van der Waals surface area contributed by atoms with E-state index in [9.17, 15) is 10.1 Å². The lowest BCUT2D eigenvalue weighted by atomic mass is 10.0. The van der Waals surface area contributed by atoms with Crippen LogP contribution in [0.15, 0.2) is 27.5 Å². The third kappa shape index (κ3) is 3.41. The van der Waals surface area contributed by atoms with Gasteiger partial charge in [-0.3, -0.25) is 9.69 Å². The zero-order valence-corrected chi connectivity index (χ0v) is 18.8. The smallest absolute Gasteiger partial charge is 0.271 e. The Labute approximate surface area is 186 Å². The summed E-state index contributed by atoms with van der Waals surface area (Å²) < 4.78 is 6.69. The predicted octanol–water partition coefficient (Wildman–Crippen LogP) is 3.31. The molecule has 3 aromatic heterocycles. The van der Waals surface area contributed by atoms with Crippen LogP contribution in [-0.2, 0) is 7.05 Å². The van der Waals surface area contributed by atoms with Gasteiger partial charge in [0.05, 0.1) is 11.6 Å². The maximum absolute atomic E-state index is 13.0. The van der Waals surface area contributed by atoms with Gasteiger partial charge >= 0.3 is 0 Å². The lowest BCUT2D eigenvalue weighted by Gasteiger charge is -2.47. The molecule has 0 radical (unpaired) electrons. The molecule has 4 rings (SSSR count). The minimum Gasteiger partial charge on any atom is -0.361 e. The highest BCUT2D eigenvalue weighted by atomic mass is 16.5. The second kappa shape index (κ2) is 8.10. The number of fused-ring (bicyclic) bond motifs is 1. The first-order valence-electron chi connectivity index (χ1n) is 10.5. The maximum atomic E-state index is 13.0. The van der Waals surface area contributed by atoms with Gasteiger partial charge in [0.1, 0.15) is 28.8 Å². The van der Waals surface area contributed by atoms with Crippen molar-refractivity contribution in [1.82, 2.24) is 19.6 Å². The van der Waals surface area contributed by atoms with E-state index in [4.69, 9.17) is 11.1 Å². The van der Waals surface area contributed by atoms with E-state index in [1.165, 1.54) is 4.57 Å².